The Kier molecular flexibility index (Phi) is 6.38. The molecule has 0 aromatic heterocycles. The molecule has 1 N–H and O–H groups in total. The number of methoxy groups -OCH3 is 1. The van der Waals surface area contributed by atoms with Crippen molar-refractivity contribution >= 4 is 0 Å². The topological polar surface area (TPSA) is 21.3 Å². The summed E-state index contributed by atoms with van der Waals surface area (Å²) in [5.41, 5.74) is 1.38. The van der Waals surface area contributed by atoms with Gasteiger partial charge in [0.15, 0.2) is 0 Å². The Morgan fingerprint density at radius 1 is 1.20 bits per heavy atom. The number of hydrogen-bond acceptors (Lipinski definition) is 2. The van der Waals surface area contributed by atoms with Crippen molar-refractivity contribution < 1.29 is 4.74 Å². The number of rotatable bonds is 8. The van der Waals surface area contributed by atoms with Crippen LogP contribution in [-0.4, -0.2) is 19.7 Å². The lowest BCUT2D eigenvalue weighted by Gasteiger charge is -2.15. The van der Waals surface area contributed by atoms with Gasteiger partial charge >= 0.3 is 0 Å². The van der Waals surface area contributed by atoms with Crippen LogP contribution in [0.5, 0.6) is 5.75 Å². The zero-order chi connectivity index (χ0) is 14.2. The molecule has 1 aliphatic rings. The molecule has 1 aliphatic carbocycles. The van der Waals surface area contributed by atoms with Crippen LogP contribution in [0.25, 0.3) is 0 Å². The predicted octanol–water partition coefficient (Wildman–Crippen LogP) is 4.19. The second-order valence-electron chi connectivity index (χ2n) is 6.20. The van der Waals surface area contributed by atoms with Crippen LogP contribution in [0.1, 0.15) is 51.0 Å². The van der Waals surface area contributed by atoms with Gasteiger partial charge in [-0.05, 0) is 56.3 Å². The van der Waals surface area contributed by atoms with Crippen LogP contribution in [0.4, 0.5) is 0 Å². The first-order valence-electron chi connectivity index (χ1n) is 8.14. The summed E-state index contributed by atoms with van der Waals surface area (Å²) in [5.74, 6) is 1.96. The molecule has 1 aromatic carbocycles. The molecule has 1 atom stereocenters. The van der Waals surface area contributed by atoms with Crippen molar-refractivity contribution in [2.24, 2.45) is 5.92 Å². The third-order valence-corrected chi connectivity index (χ3v) is 4.46. The van der Waals surface area contributed by atoms with E-state index >= 15 is 0 Å². The predicted molar refractivity (Wildman–Crippen MR) is 85.4 cm³/mol. The van der Waals surface area contributed by atoms with Crippen molar-refractivity contribution in [2.75, 3.05) is 13.7 Å². The van der Waals surface area contributed by atoms with Crippen LogP contribution in [0.3, 0.4) is 0 Å². The van der Waals surface area contributed by atoms with E-state index in [4.69, 9.17) is 4.74 Å². The molecule has 0 amide bonds. The smallest absolute Gasteiger partial charge is 0.118 e. The molecule has 2 heteroatoms. The van der Waals surface area contributed by atoms with Gasteiger partial charge in [-0.2, -0.15) is 0 Å². The highest BCUT2D eigenvalue weighted by atomic mass is 16.5. The maximum absolute atomic E-state index is 5.19. The molecule has 1 aromatic rings. The van der Waals surface area contributed by atoms with E-state index in [2.05, 4.69) is 24.4 Å². The SMILES string of the molecule is COc1ccc(CC(C)NCCCC2CCCC2)cc1. The zero-order valence-electron chi connectivity index (χ0n) is 13.0. The Morgan fingerprint density at radius 3 is 2.55 bits per heavy atom. The highest BCUT2D eigenvalue weighted by molar-refractivity contribution is 5.27. The molecular weight excluding hydrogens is 246 g/mol. The van der Waals surface area contributed by atoms with E-state index in [1.807, 2.05) is 12.1 Å². The Balaban J connectivity index is 1.60. The Bertz CT molecular complexity index is 368. The quantitative estimate of drug-likeness (QED) is 0.718. The van der Waals surface area contributed by atoms with E-state index in [0.717, 1.165) is 24.6 Å². The summed E-state index contributed by atoms with van der Waals surface area (Å²) < 4.78 is 5.19. The van der Waals surface area contributed by atoms with Gasteiger partial charge in [0, 0.05) is 6.04 Å². The lowest BCUT2D eigenvalue weighted by molar-refractivity contribution is 0.414. The van der Waals surface area contributed by atoms with E-state index in [1.165, 1.54) is 44.1 Å². The maximum Gasteiger partial charge on any atom is 0.118 e. The number of benzene rings is 1. The summed E-state index contributed by atoms with van der Waals surface area (Å²) in [5, 5.41) is 3.65. The van der Waals surface area contributed by atoms with E-state index in [1.54, 1.807) is 7.11 Å². The second-order valence-corrected chi connectivity index (χ2v) is 6.20. The number of nitrogens with one attached hydrogen (secondary N) is 1. The van der Waals surface area contributed by atoms with Crippen molar-refractivity contribution in [1.82, 2.24) is 5.32 Å². The van der Waals surface area contributed by atoms with Gasteiger partial charge in [0.1, 0.15) is 5.75 Å². The van der Waals surface area contributed by atoms with Crippen LogP contribution in [0.15, 0.2) is 24.3 Å². The van der Waals surface area contributed by atoms with Crippen LogP contribution < -0.4 is 10.1 Å². The van der Waals surface area contributed by atoms with E-state index in [9.17, 15) is 0 Å². The third-order valence-electron chi connectivity index (χ3n) is 4.46. The monoisotopic (exact) mass is 275 g/mol. The molecule has 1 fully saturated rings. The molecule has 2 nitrogen and oxygen atoms in total. The fourth-order valence-electron chi connectivity index (χ4n) is 3.23. The van der Waals surface area contributed by atoms with Crippen LogP contribution in [-0.2, 0) is 6.42 Å². The summed E-state index contributed by atoms with van der Waals surface area (Å²) in [6.45, 7) is 3.44. The average Bonchev–Trinajstić information content (AvgIpc) is 2.98. The molecule has 112 valence electrons. The first-order chi connectivity index (χ1) is 9.78. The molecule has 20 heavy (non-hydrogen) atoms. The zero-order valence-corrected chi connectivity index (χ0v) is 13.0. The molecule has 0 heterocycles. The summed E-state index contributed by atoms with van der Waals surface area (Å²) in [6.07, 6.45) is 9.72. The van der Waals surface area contributed by atoms with Gasteiger partial charge in [-0.3, -0.25) is 0 Å². The fourth-order valence-corrected chi connectivity index (χ4v) is 3.23. The van der Waals surface area contributed by atoms with Gasteiger partial charge in [-0.25, -0.2) is 0 Å². The fraction of sp³-hybridized carbons (Fsp3) is 0.667. The lowest BCUT2D eigenvalue weighted by Crippen LogP contribution is -2.29. The van der Waals surface area contributed by atoms with Crippen molar-refractivity contribution in [3.63, 3.8) is 0 Å². The Hall–Kier alpha value is -1.02. The molecule has 1 unspecified atom stereocenters. The average molecular weight is 275 g/mol. The Labute approximate surface area is 123 Å². The highest BCUT2D eigenvalue weighted by Crippen LogP contribution is 2.28. The van der Waals surface area contributed by atoms with Gasteiger partial charge in [0.05, 0.1) is 7.11 Å². The first kappa shape index (κ1) is 15.4. The third kappa shape index (κ3) is 5.16. The van der Waals surface area contributed by atoms with Gasteiger partial charge in [0.2, 0.25) is 0 Å². The van der Waals surface area contributed by atoms with Gasteiger partial charge in [-0.15, -0.1) is 0 Å². The Morgan fingerprint density at radius 2 is 1.90 bits per heavy atom. The van der Waals surface area contributed by atoms with Crippen molar-refractivity contribution in [3.05, 3.63) is 29.8 Å². The minimum absolute atomic E-state index is 0.548. The van der Waals surface area contributed by atoms with Gasteiger partial charge < -0.3 is 10.1 Å². The highest BCUT2D eigenvalue weighted by Gasteiger charge is 2.14. The van der Waals surface area contributed by atoms with Crippen LogP contribution in [0.2, 0.25) is 0 Å². The van der Waals surface area contributed by atoms with Crippen LogP contribution in [0, 0.1) is 5.92 Å². The summed E-state index contributed by atoms with van der Waals surface area (Å²) >= 11 is 0. The van der Waals surface area contributed by atoms with Gasteiger partial charge in [-0.1, -0.05) is 37.8 Å². The molecule has 1 saturated carbocycles. The van der Waals surface area contributed by atoms with Gasteiger partial charge in [0.25, 0.3) is 0 Å². The molecule has 0 bridgehead atoms. The lowest BCUT2D eigenvalue weighted by atomic mass is 10.0. The largest absolute Gasteiger partial charge is 0.497 e. The van der Waals surface area contributed by atoms with Crippen molar-refractivity contribution in [3.8, 4) is 5.75 Å². The first-order valence-corrected chi connectivity index (χ1v) is 8.14. The van der Waals surface area contributed by atoms with Crippen molar-refractivity contribution in [2.45, 2.75) is 57.9 Å². The van der Waals surface area contributed by atoms with E-state index in [-0.39, 0.29) is 0 Å². The molecule has 0 spiro atoms. The molecule has 0 aliphatic heterocycles. The summed E-state index contributed by atoms with van der Waals surface area (Å²) in [4.78, 5) is 0. The van der Waals surface area contributed by atoms with E-state index < -0.39 is 0 Å². The maximum atomic E-state index is 5.19. The van der Waals surface area contributed by atoms with E-state index in [0.29, 0.717) is 6.04 Å². The summed E-state index contributed by atoms with van der Waals surface area (Å²) in [6, 6.07) is 8.96. The molecule has 0 radical (unpaired) electrons. The minimum atomic E-state index is 0.548. The number of ether oxygens (including phenoxy) is 1. The normalized spacial score (nSPS) is 17.3. The molecule has 2 rings (SSSR count). The standard InChI is InChI=1S/C18H29NO/c1-15(14-17-9-11-18(20-2)12-10-17)19-13-5-8-16-6-3-4-7-16/h9-12,15-16,19H,3-8,13-14H2,1-2H3. The minimum Gasteiger partial charge on any atom is -0.497 e. The van der Waals surface area contributed by atoms with Crippen LogP contribution >= 0.6 is 0 Å². The number of hydrogen-bond donors (Lipinski definition) is 1. The van der Waals surface area contributed by atoms with Crippen molar-refractivity contribution in [1.29, 1.82) is 0 Å². The second kappa shape index (κ2) is 8.31. The molecular formula is C18H29NO. The summed E-state index contributed by atoms with van der Waals surface area (Å²) in [7, 11) is 1.71. The molecule has 0 saturated heterocycles.